The molecule has 2 aromatic rings. The van der Waals surface area contributed by atoms with Crippen molar-refractivity contribution in [3.8, 4) is 0 Å². The standard InChI is InChI=1S/C20H21ClN4O2/c1-14-5-6-15(12-16(14)21)25-19(26)13-17(20(25)27)23-8-10-24(11-9-23)18-4-2-3-7-22-18/h2-7,12,17H,8-11,13H2,1H3. The van der Waals surface area contributed by atoms with Crippen molar-refractivity contribution in [3.63, 3.8) is 0 Å². The number of imide groups is 1. The number of piperazine rings is 1. The van der Waals surface area contributed by atoms with Gasteiger partial charge >= 0.3 is 0 Å². The molecule has 3 heterocycles. The molecule has 2 fully saturated rings. The number of aryl methyl sites for hydroxylation is 1. The van der Waals surface area contributed by atoms with Gasteiger partial charge in [0.15, 0.2) is 0 Å². The molecule has 2 saturated heterocycles. The van der Waals surface area contributed by atoms with Gasteiger partial charge in [-0.05, 0) is 36.8 Å². The van der Waals surface area contributed by atoms with E-state index in [1.54, 1.807) is 18.3 Å². The first-order valence-corrected chi connectivity index (χ1v) is 9.45. The summed E-state index contributed by atoms with van der Waals surface area (Å²) < 4.78 is 0. The van der Waals surface area contributed by atoms with Crippen LogP contribution in [0.25, 0.3) is 0 Å². The monoisotopic (exact) mass is 384 g/mol. The molecule has 0 N–H and O–H groups in total. The van der Waals surface area contributed by atoms with E-state index in [1.165, 1.54) is 4.90 Å². The third-order valence-electron chi connectivity index (χ3n) is 5.26. The number of hydrogen-bond donors (Lipinski definition) is 0. The summed E-state index contributed by atoms with van der Waals surface area (Å²) in [6.07, 6.45) is 2.00. The lowest BCUT2D eigenvalue weighted by molar-refractivity contribution is -0.123. The van der Waals surface area contributed by atoms with Gasteiger partial charge in [0.2, 0.25) is 5.91 Å². The Kier molecular flexibility index (Phi) is 4.85. The average Bonchev–Trinajstić information content (AvgIpc) is 2.99. The number of nitrogens with zero attached hydrogens (tertiary/aromatic N) is 4. The highest BCUT2D eigenvalue weighted by atomic mass is 35.5. The van der Waals surface area contributed by atoms with Gasteiger partial charge in [0.1, 0.15) is 5.82 Å². The van der Waals surface area contributed by atoms with Crippen molar-refractivity contribution in [2.24, 2.45) is 0 Å². The number of hydrogen-bond acceptors (Lipinski definition) is 5. The van der Waals surface area contributed by atoms with Gasteiger partial charge in [0.05, 0.1) is 18.2 Å². The van der Waals surface area contributed by atoms with Crippen LogP contribution in [0, 0.1) is 6.92 Å². The van der Waals surface area contributed by atoms with Crippen LogP contribution in [0.3, 0.4) is 0 Å². The Labute approximate surface area is 163 Å². The number of halogens is 1. The summed E-state index contributed by atoms with van der Waals surface area (Å²) in [5, 5.41) is 0.556. The van der Waals surface area contributed by atoms with E-state index >= 15 is 0 Å². The molecule has 4 rings (SSSR count). The molecule has 1 aromatic carbocycles. The molecule has 0 aliphatic carbocycles. The molecule has 6 nitrogen and oxygen atoms in total. The van der Waals surface area contributed by atoms with E-state index in [1.807, 2.05) is 31.2 Å². The van der Waals surface area contributed by atoms with E-state index in [0.29, 0.717) is 10.7 Å². The summed E-state index contributed by atoms with van der Waals surface area (Å²) in [4.78, 5) is 35.5. The Hall–Kier alpha value is -2.44. The fourth-order valence-corrected chi connectivity index (χ4v) is 3.87. The topological polar surface area (TPSA) is 56.8 Å². The molecule has 0 spiro atoms. The quantitative estimate of drug-likeness (QED) is 0.761. The first-order valence-electron chi connectivity index (χ1n) is 9.07. The Morgan fingerprint density at radius 1 is 1.07 bits per heavy atom. The number of anilines is 2. The molecule has 2 aliphatic rings. The van der Waals surface area contributed by atoms with Crippen LogP contribution in [0.15, 0.2) is 42.6 Å². The molecule has 2 amide bonds. The highest BCUT2D eigenvalue weighted by Gasteiger charge is 2.43. The summed E-state index contributed by atoms with van der Waals surface area (Å²) in [6.45, 7) is 4.91. The lowest BCUT2D eigenvalue weighted by atomic mass is 10.1. The molecule has 0 radical (unpaired) electrons. The third kappa shape index (κ3) is 3.42. The zero-order chi connectivity index (χ0) is 19.0. The maximum Gasteiger partial charge on any atom is 0.251 e. The van der Waals surface area contributed by atoms with Gasteiger partial charge in [-0.1, -0.05) is 23.7 Å². The largest absolute Gasteiger partial charge is 0.354 e. The van der Waals surface area contributed by atoms with Crippen molar-refractivity contribution >= 4 is 34.9 Å². The Bertz CT molecular complexity index is 866. The molecular weight excluding hydrogens is 364 g/mol. The fourth-order valence-electron chi connectivity index (χ4n) is 3.70. The van der Waals surface area contributed by atoms with E-state index in [-0.39, 0.29) is 18.2 Å². The van der Waals surface area contributed by atoms with Crippen molar-refractivity contribution in [2.45, 2.75) is 19.4 Å². The van der Waals surface area contributed by atoms with Crippen molar-refractivity contribution in [2.75, 3.05) is 36.0 Å². The van der Waals surface area contributed by atoms with E-state index in [0.717, 1.165) is 37.6 Å². The van der Waals surface area contributed by atoms with E-state index < -0.39 is 6.04 Å². The molecule has 140 valence electrons. The maximum absolute atomic E-state index is 13.0. The first-order chi connectivity index (χ1) is 13.0. The van der Waals surface area contributed by atoms with Gasteiger partial charge in [0.25, 0.3) is 5.91 Å². The average molecular weight is 385 g/mol. The minimum Gasteiger partial charge on any atom is -0.354 e. The molecule has 0 saturated carbocycles. The second kappa shape index (κ2) is 7.29. The minimum absolute atomic E-state index is 0.161. The Balaban J connectivity index is 1.45. The number of pyridine rings is 1. The van der Waals surface area contributed by atoms with Crippen LogP contribution in [0.2, 0.25) is 5.02 Å². The lowest BCUT2D eigenvalue weighted by Gasteiger charge is -2.37. The predicted molar refractivity (Wildman–Crippen MR) is 105 cm³/mol. The Morgan fingerprint density at radius 2 is 1.85 bits per heavy atom. The summed E-state index contributed by atoms with van der Waals surface area (Å²) >= 11 is 6.18. The van der Waals surface area contributed by atoms with Gasteiger partial charge in [-0.2, -0.15) is 0 Å². The van der Waals surface area contributed by atoms with E-state index in [4.69, 9.17) is 11.6 Å². The number of amides is 2. The summed E-state index contributed by atoms with van der Waals surface area (Å²) in [6, 6.07) is 10.8. The third-order valence-corrected chi connectivity index (χ3v) is 5.67. The molecule has 1 atom stereocenters. The molecule has 1 unspecified atom stereocenters. The molecule has 0 bridgehead atoms. The number of carbonyl (C=O) groups is 2. The van der Waals surface area contributed by atoms with Crippen LogP contribution in [0.4, 0.5) is 11.5 Å². The van der Waals surface area contributed by atoms with Crippen molar-refractivity contribution in [1.82, 2.24) is 9.88 Å². The zero-order valence-electron chi connectivity index (χ0n) is 15.1. The van der Waals surface area contributed by atoms with Gasteiger partial charge in [-0.15, -0.1) is 0 Å². The van der Waals surface area contributed by atoms with Crippen LogP contribution in [0.1, 0.15) is 12.0 Å². The number of benzene rings is 1. The van der Waals surface area contributed by atoms with Crippen LogP contribution in [0.5, 0.6) is 0 Å². The minimum atomic E-state index is -0.400. The van der Waals surface area contributed by atoms with Crippen molar-refractivity contribution in [3.05, 3.63) is 53.2 Å². The van der Waals surface area contributed by atoms with Crippen LogP contribution >= 0.6 is 11.6 Å². The van der Waals surface area contributed by atoms with E-state index in [2.05, 4.69) is 14.8 Å². The van der Waals surface area contributed by atoms with Gasteiger partial charge in [0, 0.05) is 37.4 Å². The molecule has 27 heavy (non-hydrogen) atoms. The number of rotatable bonds is 3. The molecule has 7 heteroatoms. The van der Waals surface area contributed by atoms with E-state index in [9.17, 15) is 9.59 Å². The van der Waals surface area contributed by atoms with Gasteiger partial charge in [-0.3, -0.25) is 14.5 Å². The molecule has 1 aromatic heterocycles. The van der Waals surface area contributed by atoms with Crippen molar-refractivity contribution < 1.29 is 9.59 Å². The highest BCUT2D eigenvalue weighted by molar-refractivity contribution is 6.32. The van der Waals surface area contributed by atoms with Gasteiger partial charge in [-0.25, -0.2) is 9.88 Å². The summed E-state index contributed by atoms with van der Waals surface area (Å²) in [5.74, 6) is 0.616. The second-order valence-corrected chi connectivity index (χ2v) is 7.34. The molecular formula is C20H21ClN4O2. The maximum atomic E-state index is 13.0. The predicted octanol–water partition coefficient (Wildman–Crippen LogP) is 2.50. The SMILES string of the molecule is Cc1ccc(N2C(=O)CC(N3CCN(c4ccccn4)CC3)C2=O)cc1Cl. The van der Waals surface area contributed by atoms with Crippen LogP contribution < -0.4 is 9.80 Å². The summed E-state index contributed by atoms with van der Waals surface area (Å²) in [5.41, 5.74) is 1.47. The van der Waals surface area contributed by atoms with Crippen LogP contribution in [-0.2, 0) is 9.59 Å². The fraction of sp³-hybridized carbons (Fsp3) is 0.350. The highest BCUT2D eigenvalue weighted by Crippen LogP contribution is 2.29. The van der Waals surface area contributed by atoms with Crippen LogP contribution in [-0.4, -0.2) is 53.9 Å². The Morgan fingerprint density at radius 3 is 2.52 bits per heavy atom. The first kappa shape index (κ1) is 17.9. The smallest absolute Gasteiger partial charge is 0.251 e. The van der Waals surface area contributed by atoms with Gasteiger partial charge < -0.3 is 4.90 Å². The van der Waals surface area contributed by atoms with Crippen molar-refractivity contribution in [1.29, 1.82) is 0 Å². The molecule has 2 aliphatic heterocycles. The second-order valence-electron chi connectivity index (χ2n) is 6.93. The number of carbonyl (C=O) groups excluding carboxylic acids is 2. The zero-order valence-corrected chi connectivity index (χ0v) is 15.9. The lowest BCUT2D eigenvalue weighted by Crippen LogP contribution is -2.52. The number of aromatic nitrogens is 1. The summed E-state index contributed by atoms with van der Waals surface area (Å²) in [7, 11) is 0. The normalized spacial score (nSPS) is 21.2.